The Hall–Kier alpha value is -2.87. The molecule has 5 heteroatoms. The van der Waals surface area contributed by atoms with Crippen LogP contribution in [0.5, 0.6) is 0 Å². The SMILES string of the molecule is N#Cc1ccc(CNc2ncccc2C(=O)N2CCCCC2)cc1. The summed E-state index contributed by atoms with van der Waals surface area (Å²) in [5, 5.41) is 12.1. The molecular formula is C19H20N4O. The molecule has 122 valence electrons. The summed E-state index contributed by atoms with van der Waals surface area (Å²) in [5.41, 5.74) is 2.29. The largest absolute Gasteiger partial charge is 0.365 e. The number of carbonyl (C=O) groups is 1. The van der Waals surface area contributed by atoms with Crippen molar-refractivity contribution >= 4 is 11.7 Å². The number of benzene rings is 1. The van der Waals surface area contributed by atoms with E-state index in [0.717, 1.165) is 31.5 Å². The predicted molar refractivity (Wildman–Crippen MR) is 92.5 cm³/mol. The van der Waals surface area contributed by atoms with Crippen LogP contribution >= 0.6 is 0 Å². The lowest BCUT2D eigenvalue weighted by Crippen LogP contribution is -2.36. The summed E-state index contributed by atoms with van der Waals surface area (Å²) in [6, 6.07) is 13.1. The number of anilines is 1. The van der Waals surface area contributed by atoms with E-state index >= 15 is 0 Å². The molecule has 1 fully saturated rings. The molecule has 1 N–H and O–H groups in total. The van der Waals surface area contributed by atoms with Crippen molar-refractivity contribution in [3.05, 3.63) is 59.3 Å². The van der Waals surface area contributed by atoms with Gasteiger partial charge in [0, 0.05) is 25.8 Å². The number of aromatic nitrogens is 1. The van der Waals surface area contributed by atoms with Crippen LogP contribution in [-0.4, -0.2) is 28.9 Å². The average molecular weight is 320 g/mol. The molecule has 1 aromatic carbocycles. The lowest BCUT2D eigenvalue weighted by molar-refractivity contribution is 0.0725. The molecular weight excluding hydrogens is 300 g/mol. The van der Waals surface area contributed by atoms with Crippen molar-refractivity contribution in [2.75, 3.05) is 18.4 Å². The second-order valence-electron chi connectivity index (χ2n) is 5.91. The quantitative estimate of drug-likeness (QED) is 0.939. The van der Waals surface area contributed by atoms with E-state index < -0.39 is 0 Å². The van der Waals surface area contributed by atoms with Crippen LogP contribution < -0.4 is 5.32 Å². The molecule has 2 heterocycles. The van der Waals surface area contributed by atoms with Gasteiger partial charge in [0.15, 0.2) is 0 Å². The number of nitrogens with zero attached hydrogens (tertiary/aromatic N) is 3. The van der Waals surface area contributed by atoms with Crippen LogP contribution in [0.1, 0.15) is 40.7 Å². The topological polar surface area (TPSA) is 69.0 Å². The van der Waals surface area contributed by atoms with Crippen molar-refractivity contribution in [1.82, 2.24) is 9.88 Å². The average Bonchev–Trinajstić information content (AvgIpc) is 2.67. The standard InChI is InChI=1S/C19H20N4O/c20-13-15-6-8-16(9-7-15)14-22-18-17(5-4-10-21-18)19(24)23-11-2-1-3-12-23/h4-10H,1-3,11-12,14H2,(H,21,22). The number of hydrogen-bond acceptors (Lipinski definition) is 4. The fraction of sp³-hybridized carbons (Fsp3) is 0.316. The second kappa shape index (κ2) is 7.60. The maximum Gasteiger partial charge on any atom is 0.257 e. The zero-order valence-corrected chi connectivity index (χ0v) is 13.5. The first-order valence-corrected chi connectivity index (χ1v) is 8.25. The number of nitrogens with one attached hydrogen (secondary N) is 1. The Labute approximate surface area is 141 Å². The van der Waals surface area contributed by atoms with Gasteiger partial charge in [0.2, 0.25) is 0 Å². The van der Waals surface area contributed by atoms with Crippen molar-refractivity contribution in [1.29, 1.82) is 5.26 Å². The van der Waals surface area contributed by atoms with Gasteiger partial charge in [-0.15, -0.1) is 0 Å². The molecule has 0 bridgehead atoms. The third-order valence-electron chi connectivity index (χ3n) is 4.22. The molecule has 5 nitrogen and oxygen atoms in total. The highest BCUT2D eigenvalue weighted by atomic mass is 16.2. The molecule has 1 aliphatic rings. The molecule has 3 rings (SSSR count). The van der Waals surface area contributed by atoms with Gasteiger partial charge < -0.3 is 10.2 Å². The summed E-state index contributed by atoms with van der Waals surface area (Å²) in [6.45, 7) is 2.20. The van der Waals surface area contributed by atoms with Crippen LogP contribution in [0.3, 0.4) is 0 Å². The molecule has 24 heavy (non-hydrogen) atoms. The lowest BCUT2D eigenvalue weighted by Gasteiger charge is -2.27. The fourth-order valence-corrected chi connectivity index (χ4v) is 2.87. The number of pyridine rings is 1. The summed E-state index contributed by atoms with van der Waals surface area (Å²) < 4.78 is 0. The fourth-order valence-electron chi connectivity index (χ4n) is 2.87. The third kappa shape index (κ3) is 3.72. The third-order valence-corrected chi connectivity index (χ3v) is 4.22. The van der Waals surface area contributed by atoms with E-state index in [4.69, 9.17) is 5.26 Å². The Morgan fingerprint density at radius 2 is 1.92 bits per heavy atom. The highest BCUT2D eigenvalue weighted by Crippen LogP contribution is 2.18. The molecule has 0 saturated carbocycles. The molecule has 0 atom stereocenters. The predicted octanol–water partition coefficient (Wildman–Crippen LogP) is 3.19. The highest BCUT2D eigenvalue weighted by molar-refractivity contribution is 5.98. The first-order chi connectivity index (χ1) is 11.8. The van der Waals surface area contributed by atoms with Gasteiger partial charge in [-0.1, -0.05) is 12.1 Å². The Bertz CT molecular complexity index is 743. The highest BCUT2D eigenvalue weighted by Gasteiger charge is 2.21. The van der Waals surface area contributed by atoms with Gasteiger partial charge >= 0.3 is 0 Å². The van der Waals surface area contributed by atoms with Gasteiger partial charge in [-0.3, -0.25) is 4.79 Å². The zero-order chi connectivity index (χ0) is 16.8. The summed E-state index contributed by atoms with van der Waals surface area (Å²) in [6.07, 6.45) is 5.02. The maximum absolute atomic E-state index is 12.7. The van der Waals surface area contributed by atoms with Crippen LogP contribution in [0.2, 0.25) is 0 Å². The summed E-state index contributed by atoms with van der Waals surface area (Å²) >= 11 is 0. The molecule has 0 aliphatic carbocycles. The Morgan fingerprint density at radius 3 is 2.62 bits per heavy atom. The van der Waals surface area contributed by atoms with E-state index in [-0.39, 0.29) is 5.91 Å². The van der Waals surface area contributed by atoms with Gasteiger partial charge in [-0.2, -0.15) is 5.26 Å². The van der Waals surface area contributed by atoms with Gasteiger partial charge in [-0.05, 0) is 49.1 Å². The number of amides is 1. The summed E-state index contributed by atoms with van der Waals surface area (Å²) in [4.78, 5) is 19.0. The molecule has 1 amide bonds. The second-order valence-corrected chi connectivity index (χ2v) is 5.91. The van der Waals surface area contributed by atoms with Crippen molar-refractivity contribution in [3.63, 3.8) is 0 Å². The number of likely N-dealkylation sites (tertiary alicyclic amines) is 1. The number of nitriles is 1. The van der Waals surface area contributed by atoms with Crippen LogP contribution in [0.4, 0.5) is 5.82 Å². The van der Waals surface area contributed by atoms with E-state index in [0.29, 0.717) is 23.5 Å². The summed E-state index contributed by atoms with van der Waals surface area (Å²) in [5.74, 6) is 0.655. The summed E-state index contributed by atoms with van der Waals surface area (Å²) in [7, 11) is 0. The Morgan fingerprint density at radius 1 is 1.17 bits per heavy atom. The Kier molecular flexibility index (Phi) is 5.07. The van der Waals surface area contributed by atoms with Gasteiger partial charge in [-0.25, -0.2) is 4.98 Å². The van der Waals surface area contributed by atoms with E-state index in [1.165, 1.54) is 6.42 Å². The Balaban J connectivity index is 1.71. The molecule has 0 unspecified atom stereocenters. The number of rotatable bonds is 4. The van der Waals surface area contributed by atoms with Gasteiger partial charge in [0.05, 0.1) is 17.2 Å². The molecule has 1 aromatic heterocycles. The van der Waals surface area contributed by atoms with Gasteiger partial charge in [0.1, 0.15) is 5.82 Å². The van der Waals surface area contributed by atoms with Crippen LogP contribution in [0.15, 0.2) is 42.6 Å². The molecule has 0 radical (unpaired) electrons. The number of carbonyl (C=O) groups excluding carboxylic acids is 1. The minimum absolute atomic E-state index is 0.0464. The number of piperidine rings is 1. The minimum Gasteiger partial charge on any atom is -0.365 e. The normalized spacial score (nSPS) is 14.0. The van der Waals surface area contributed by atoms with Crippen molar-refractivity contribution in [2.45, 2.75) is 25.8 Å². The van der Waals surface area contributed by atoms with E-state index in [9.17, 15) is 4.79 Å². The van der Waals surface area contributed by atoms with E-state index in [1.807, 2.05) is 23.1 Å². The molecule has 1 aliphatic heterocycles. The minimum atomic E-state index is 0.0464. The maximum atomic E-state index is 12.7. The smallest absolute Gasteiger partial charge is 0.257 e. The van der Waals surface area contributed by atoms with Crippen LogP contribution in [0.25, 0.3) is 0 Å². The molecule has 0 spiro atoms. The van der Waals surface area contributed by atoms with E-state index in [2.05, 4.69) is 16.4 Å². The van der Waals surface area contributed by atoms with Crippen molar-refractivity contribution < 1.29 is 4.79 Å². The van der Waals surface area contributed by atoms with Crippen molar-refractivity contribution in [3.8, 4) is 6.07 Å². The molecule has 2 aromatic rings. The number of hydrogen-bond donors (Lipinski definition) is 1. The first kappa shape index (κ1) is 16.0. The van der Waals surface area contributed by atoms with Crippen molar-refractivity contribution in [2.24, 2.45) is 0 Å². The monoisotopic (exact) mass is 320 g/mol. The lowest BCUT2D eigenvalue weighted by atomic mass is 10.1. The zero-order valence-electron chi connectivity index (χ0n) is 13.5. The van der Waals surface area contributed by atoms with Crippen LogP contribution in [-0.2, 0) is 6.54 Å². The van der Waals surface area contributed by atoms with Gasteiger partial charge in [0.25, 0.3) is 5.91 Å². The van der Waals surface area contributed by atoms with Crippen LogP contribution in [0, 0.1) is 11.3 Å². The first-order valence-electron chi connectivity index (χ1n) is 8.25. The van der Waals surface area contributed by atoms with E-state index in [1.54, 1.807) is 24.4 Å². The molecule has 1 saturated heterocycles.